The maximum Gasteiger partial charge on any atom is 0.327 e. The van der Waals surface area contributed by atoms with Crippen LogP contribution in [0.25, 0.3) is 0 Å². The molecule has 9 heteroatoms. The zero-order valence-electron chi connectivity index (χ0n) is 13.1. The highest BCUT2D eigenvalue weighted by atomic mass is 79.9. The molecule has 1 atom stereocenters. The fourth-order valence-electron chi connectivity index (χ4n) is 2.05. The van der Waals surface area contributed by atoms with Crippen LogP contribution in [0, 0.1) is 0 Å². The number of hydrogen-bond acceptors (Lipinski definition) is 5. The third-order valence-corrected chi connectivity index (χ3v) is 3.78. The molecule has 1 aliphatic heterocycles. The minimum Gasteiger partial charge on any atom is -0.451 e. The fourth-order valence-corrected chi connectivity index (χ4v) is 2.45. The van der Waals surface area contributed by atoms with Gasteiger partial charge in [0.15, 0.2) is 6.10 Å². The molecule has 1 saturated heterocycles. The van der Waals surface area contributed by atoms with Gasteiger partial charge in [0.2, 0.25) is 0 Å². The first-order valence-corrected chi connectivity index (χ1v) is 7.88. The van der Waals surface area contributed by atoms with Crippen LogP contribution in [-0.4, -0.2) is 59.9 Å². The second-order valence-corrected chi connectivity index (χ2v) is 6.17. The molecule has 8 nitrogen and oxygen atoms in total. The predicted molar refractivity (Wildman–Crippen MR) is 88.1 cm³/mol. The molecule has 24 heavy (non-hydrogen) atoms. The Morgan fingerprint density at radius 3 is 2.67 bits per heavy atom. The second kappa shape index (κ2) is 7.43. The Bertz CT molecular complexity index is 693. The first-order valence-electron chi connectivity index (χ1n) is 7.09. The molecule has 128 valence electrons. The van der Waals surface area contributed by atoms with Crippen molar-refractivity contribution in [2.45, 2.75) is 13.0 Å². The first kappa shape index (κ1) is 17.9. The zero-order valence-corrected chi connectivity index (χ0v) is 14.7. The number of nitrogens with zero attached hydrogens (tertiary/aromatic N) is 2. The van der Waals surface area contributed by atoms with Gasteiger partial charge in [-0.15, -0.1) is 0 Å². The molecule has 1 N–H and O–H groups in total. The maximum atomic E-state index is 12.0. The topological polar surface area (TPSA) is 96.0 Å². The lowest BCUT2D eigenvalue weighted by Crippen LogP contribution is -2.39. The third-order valence-electron chi connectivity index (χ3n) is 3.29. The summed E-state index contributed by atoms with van der Waals surface area (Å²) in [6.45, 7) is 0.812. The van der Waals surface area contributed by atoms with Crippen LogP contribution >= 0.6 is 15.9 Å². The number of urea groups is 1. The number of esters is 1. The van der Waals surface area contributed by atoms with E-state index in [2.05, 4.69) is 21.2 Å². The SMILES string of the molecule is C[C@@H](OC(=O)CN1C(=O)CN(C)C1=O)C(=O)Nc1cccc(Br)c1. The number of likely N-dealkylation sites (N-methyl/N-ethyl adjacent to an activating group) is 1. The van der Waals surface area contributed by atoms with Crippen LogP contribution in [-0.2, 0) is 19.1 Å². The van der Waals surface area contributed by atoms with Crippen molar-refractivity contribution in [3.05, 3.63) is 28.7 Å². The van der Waals surface area contributed by atoms with Crippen molar-refractivity contribution in [1.29, 1.82) is 0 Å². The number of rotatable bonds is 5. The lowest BCUT2D eigenvalue weighted by atomic mass is 10.3. The van der Waals surface area contributed by atoms with E-state index in [0.717, 1.165) is 9.37 Å². The van der Waals surface area contributed by atoms with Crippen LogP contribution in [0.15, 0.2) is 28.7 Å². The smallest absolute Gasteiger partial charge is 0.327 e. The Labute approximate surface area is 146 Å². The van der Waals surface area contributed by atoms with Gasteiger partial charge >= 0.3 is 12.0 Å². The van der Waals surface area contributed by atoms with Crippen LogP contribution in [0.2, 0.25) is 0 Å². The van der Waals surface area contributed by atoms with Gasteiger partial charge in [-0.1, -0.05) is 22.0 Å². The van der Waals surface area contributed by atoms with Gasteiger partial charge in [0.05, 0.1) is 0 Å². The van der Waals surface area contributed by atoms with Gasteiger partial charge in [0.25, 0.3) is 11.8 Å². The van der Waals surface area contributed by atoms with Crippen molar-refractivity contribution in [3.63, 3.8) is 0 Å². The summed E-state index contributed by atoms with van der Waals surface area (Å²) in [5, 5.41) is 2.60. The Balaban J connectivity index is 1.88. The van der Waals surface area contributed by atoms with E-state index < -0.39 is 36.5 Å². The van der Waals surface area contributed by atoms with Crippen molar-refractivity contribution in [3.8, 4) is 0 Å². The molecule has 0 aliphatic carbocycles. The van der Waals surface area contributed by atoms with Crippen molar-refractivity contribution in [1.82, 2.24) is 9.80 Å². The molecular formula is C15H16BrN3O5. The van der Waals surface area contributed by atoms with Gasteiger partial charge in [-0.05, 0) is 25.1 Å². The Morgan fingerprint density at radius 1 is 1.38 bits per heavy atom. The molecule has 1 aromatic carbocycles. The zero-order chi connectivity index (χ0) is 17.9. The summed E-state index contributed by atoms with van der Waals surface area (Å²) < 4.78 is 5.77. The Morgan fingerprint density at radius 2 is 2.08 bits per heavy atom. The van der Waals surface area contributed by atoms with E-state index in [-0.39, 0.29) is 6.54 Å². The summed E-state index contributed by atoms with van der Waals surface area (Å²) >= 11 is 3.28. The number of hydrogen-bond donors (Lipinski definition) is 1. The predicted octanol–water partition coefficient (Wildman–Crippen LogP) is 1.21. The maximum absolute atomic E-state index is 12.0. The monoisotopic (exact) mass is 397 g/mol. The lowest BCUT2D eigenvalue weighted by molar-refractivity contribution is -0.154. The number of ether oxygens (including phenoxy) is 1. The van der Waals surface area contributed by atoms with Gasteiger partial charge < -0.3 is 15.0 Å². The number of benzene rings is 1. The number of carbonyl (C=O) groups is 4. The van der Waals surface area contributed by atoms with Crippen LogP contribution in [0.4, 0.5) is 10.5 Å². The number of imide groups is 1. The van der Waals surface area contributed by atoms with Gasteiger partial charge in [-0.3, -0.25) is 19.3 Å². The van der Waals surface area contributed by atoms with E-state index in [0.29, 0.717) is 5.69 Å². The van der Waals surface area contributed by atoms with E-state index in [1.165, 1.54) is 18.9 Å². The van der Waals surface area contributed by atoms with E-state index in [1.54, 1.807) is 24.3 Å². The molecule has 2 rings (SSSR count). The first-order chi connectivity index (χ1) is 11.3. The highest BCUT2D eigenvalue weighted by molar-refractivity contribution is 9.10. The van der Waals surface area contributed by atoms with E-state index in [9.17, 15) is 19.2 Å². The standard InChI is InChI=1S/C15H16BrN3O5/c1-9(14(22)17-11-5-3-4-10(16)6-11)24-13(21)8-19-12(20)7-18(2)15(19)23/h3-6,9H,7-8H2,1-2H3,(H,17,22)/t9-/m1/s1. The highest BCUT2D eigenvalue weighted by Gasteiger charge is 2.35. The van der Waals surface area contributed by atoms with Gasteiger partial charge in [-0.25, -0.2) is 4.79 Å². The third kappa shape index (κ3) is 4.31. The fraction of sp³-hybridized carbons (Fsp3) is 0.333. The average Bonchev–Trinajstić information content (AvgIpc) is 2.73. The molecule has 0 spiro atoms. The summed E-state index contributed by atoms with van der Waals surface area (Å²) in [6, 6.07) is 6.37. The van der Waals surface area contributed by atoms with Crippen molar-refractivity contribution in [2.24, 2.45) is 0 Å². The summed E-state index contributed by atoms with van der Waals surface area (Å²) in [7, 11) is 1.46. The van der Waals surface area contributed by atoms with Crippen LogP contribution in [0.5, 0.6) is 0 Å². The highest BCUT2D eigenvalue weighted by Crippen LogP contribution is 2.16. The van der Waals surface area contributed by atoms with Crippen molar-refractivity contribution < 1.29 is 23.9 Å². The normalized spacial score (nSPS) is 15.5. The van der Waals surface area contributed by atoms with Gasteiger partial charge in [0.1, 0.15) is 13.1 Å². The van der Waals surface area contributed by atoms with E-state index >= 15 is 0 Å². The molecule has 4 amide bonds. The van der Waals surface area contributed by atoms with Crippen molar-refractivity contribution in [2.75, 3.05) is 25.5 Å². The second-order valence-electron chi connectivity index (χ2n) is 5.25. The number of carbonyl (C=O) groups excluding carboxylic acids is 4. The van der Waals surface area contributed by atoms with E-state index in [1.807, 2.05) is 0 Å². The molecule has 0 saturated carbocycles. The number of amides is 4. The minimum atomic E-state index is -1.07. The average molecular weight is 398 g/mol. The molecule has 0 unspecified atom stereocenters. The van der Waals surface area contributed by atoms with Gasteiger partial charge in [-0.2, -0.15) is 0 Å². The molecule has 1 fully saturated rings. The van der Waals surface area contributed by atoms with Crippen LogP contribution in [0.1, 0.15) is 6.92 Å². The summed E-state index contributed by atoms with van der Waals surface area (Å²) in [5.41, 5.74) is 0.545. The van der Waals surface area contributed by atoms with Gasteiger partial charge in [0, 0.05) is 17.2 Å². The van der Waals surface area contributed by atoms with Crippen molar-refractivity contribution >= 4 is 45.4 Å². The largest absolute Gasteiger partial charge is 0.451 e. The molecule has 0 radical (unpaired) electrons. The summed E-state index contributed by atoms with van der Waals surface area (Å²) in [5.74, 6) is -1.83. The molecule has 1 aliphatic rings. The Hall–Kier alpha value is -2.42. The lowest BCUT2D eigenvalue weighted by Gasteiger charge is -2.16. The minimum absolute atomic E-state index is 0.0783. The molecule has 1 aromatic rings. The quantitative estimate of drug-likeness (QED) is 0.594. The molecule has 0 bridgehead atoms. The number of halogens is 1. The molecule has 1 heterocycles. The Kier molecular flexibility index (Phi) is 5.55. The number of nitrogens with one attached hydrogen (secondary N) is 1. The summed E-state index contributed by atoms with van der Waals surface area (Å²) in [4.78, 5) is 49.1. The van der Waals surface area contributed by atoms with Crippen LogP contribution in [0.3, 0.4) is 0 Å². The number of anilines is 1. The van der Waals surface area contributed by atoms with Crippen LogP contribution < -0.4 is 5.32 Å². The van der Waals surface area contributed by atoms with E-state index in [4.69, 9.17) is 4.74 Å². The summed E-state index contributed by atoms with van der Waals surface area (Å²) in [6.07, 6.45) is -1.07. The molecule has 0 aromatic heterocycles. The molecular weight excluding hydrogens is 382 g/mol.